The minimum absolute atomic E-state index is 0.0616. The van der Waals surface area contributed by atoms with Crippen LogP contribution < -0.4 is 10.6 Å². The molecule has 0 bridgehead atoms. The topological polar surface area (TPSA) is 42.1 Å². The average molecular weight is 247 g/mol. The first-order valence-corrected chi connectivity index (χ1v) is 7.02. The molecule has 0 amide bonds. The third kappa shape index (κ3) is 3.02. The summed E-state index contributed by atoms with van der Waals surface area (Å²) in [6.07, 6.45) is 7.20. The lowest BCUT2D eigenvalue weighted by atomic mass is 9.86. The number of pyridine rings is 1. The van der Waals surface area contributed by atoms with Gasteiger partial charge in [-0.1, -0.05) is 25.8 Å². The second-order valence-electron chi connectivity index (χ2n) is 5.77. The van der Waals surface area contributed by atoms with Gasteiger partial charge in [0.05, 0.1) is 0 Å². The van der Waals surface area contributed by atoms with E-state index in [1.165, 1.54) is 25.7 Å². The lowest BCUT2D eigenvalue weighted by Gasteiger charge is -2.35. The van der Waals surface area contributed by atoms with Crippen LogP contribution in [-0.2, 0) is 0 Å². The molecule has 1 heterocycles. The minimum Gasteiger partial charge on any atom is -0.357 e. The van der Waals surface area contributed by atoms with Crippen molar-refractivity contribution < 1.29 is 0 Å². The van der Waals surface area contributed by atoms with E-state index in [4.69, 9.17) is 5.73 Å². The van der Waals surface area contributed by atoms with Gasteiger partial charge in [-0.15, -0.1) is 0 Å². The Bertz CT molecular complexity index is 372. The number of hydrogen-bond acceptors (Lipinski definition) is 3. The normalized spacial score (nSPS) is 25.8. The third-order valence-corrected chi connectivity index (χ3v) is 4.11. The molecule has 0 aliphatic heterocycles. The zero-order valence-electron chi connectivity index (χ0n) is 11.8. The highest BCUT2D eigenvalue weighted by molar-refractivity contribution is 5.40. The van der Waals surface area contributed by atoms with E-state index in [0.29, 0.717) is 6.04 Å². The van der Waals surface area contributed by atoms with Crippen LogP contribution in [0.25, 0.3) is 0 Å². The van der Waals surface area contributed by atoms with Gasteiger partial charge in [0, 0.05) is 25.3 Å². The second kappa shape index (κ2) is 5.70. The van der Waals surface area contributed by atoms with Crippen LogP contribution in [0.2, 0.25) is 0 Å². The molecule has 1 aliphatic carbocycles. The number of hydrogen-bond donors (Lipinski definition) is 1. The van der Waals surface area contributed by atoms with Gasteiger partial charge >= 0.3 is 0 Å². The summed E-state index contributed by atoms with van der Waals surface area (Å²) in [5.41, 5.74) is 6.95. The Morgan fingerprint density at radius 1 is 1.39 bits per heavy atom. The fraction of sp³-hybridized carbons (Fsp3) is 0.667. The van der Waals surface area contributed by atoms with Crippen molar-refractivity contribution in [1.82, 2.24) is 4.98 Å². The lowest BCUT2D eigenvalue weighted by molar-refractivity contribution is 0.335. The van der Waals surface area contributed by atoms with Crippen LogP contribution in [0.3, 0.4) is 0 Å². The van der Waals surface area contributed by atoms with E-state index in [1.807, 2.05) is 13.1 Å². The van der Waals surface area contributed by atoms with E-state index < -0.39 is 0 Å². The van der Waals surface area contributed by atoms with Gasteiger partial charge in [-0.2, -0.15) is 0 Å². The maximum Gasteiger partial charge on any atom is 0.128 e. The Morgan fingerprint density at radius 2 is 2.17 bits per heavy atom. The van der Waals surface area contributed by atoms with Crippen LogP contribution in [0.4, 0.5) is 5.82 Å². The van der Waals surface area contributed by atoms with Gasteiger partial charge in [-0.25, -0.2) is 4.98 Å². The fourth-order valence-electron chi connectivity index (χ4n) is 2.82. The van der Waals surface area contributed by atoms with Crippen molar-refractivity contribution in [3.05, 3.63) is 23.9 Å². The minimum atomic E-state index is 0.0616. The second-order valence-corrected chi connectivity index (χ2v) is 5.77. The summed E-state index contributed by atoms with van der Waals surface area (Å²) in [5, 5.41) is 0. The Labute approximate surface area is 110 Å². The molecule has 2 unspecified atom stereocenters. The molecule has 2 rings (SSSR count). The lowest BCUT2D eigenvalue weighted by Crippen LogP contribution is -2.36. The Kier molecular flexibility index (Phi) is 4.23. The molecule has 1 fully saturated rings. The summed E-state index contributed by atoms with van der Waals surface area (Å²) < 4.78 is 0. The van der Waals surface area contributed by atoms with Gasteiger partial charge in [0.15, 0.2) is 0 Å². The first kappa shape index (κ1) is 13.3. The van der Waals surface area contributed by atoms with E-state index in [0.717, 1.165) is 17.3 Å². The van der Waals surface area contributed by atoms with Crippen molar-refractivity contribution in [3.8, 4) is 0 Å². The van der Waals surface area contributed by atoms with E-state index in [9.17, 15) is 0 Å². The van der Waals surface area contributed by atoms with Crippen LogP contribution in [0.1, 0.15) is 51.1 Å². The molecule has 0 saturated heterocycles. The highest BCUT2D eigenvalue weighted by Gasteiger charge is 2.23. The average Bonchev–Trinajstić information content (AvgIpc) is 2.38. The quantitative estimate of drug-likeness (QED) is 0.892. The van der Waals surface area contributed by atoms with Gasteiger partial charge in [-0.05, 0) is 37.3 Å². The molecule has 3 atom stereocenters. The Morgan fingerprint density at radius 3 is 2.72 bits per heavy atom. The van der Waals surface area contributed by atoms with Crippen LogP contribution in [0.15, 0.2) is 18.3 Å². The summed E-state index contributed by atoms with van der Waals surface area (Å²) in [4.78, 5) is 6.88. The highest BCUT2D eigenvalue weighted by Crippen LogP contribution is 2.28. The predicted octanol–water partition coefficient (Wildman–Crippen LogP) is 3.12. The van der Waals surface area contributed by atoms with Crippen molar-refractivity contribution in [1.29, 1.82) is 0 Å². The zero-order valence-corrected chi connectivity index (χ0v) is 11.8. The van der Waals surface area contributed by atoms with E-state index >= 15 is 0 Å². The van der Waals surface area contributed by atoms with E-state index in [1.54, 1.807) is 0 Å². The van der Waals surface area contributed by atoms with Crippen molar-refractivity contribution in [2.24, 2.45) is 11.7 Å². The zero-order chi connectivity index (χ0) is 13.1. The monoisotopic (exact) mass is 247 g/mol. The number of nitrogens with two attached hydrogens (primary N) is 1. The highest BCUT2D eigenvalue weighted by atomic mass is 15.2. The van der Waals surface area contributed by atoms with Crippen molar-refractivity contribution in [2.45, 2.75) is 51.6 Å². The van der Waals surface area contributed by atoms with E-state index in [-0.39, 0.29) is 6.04 Å². The molecule has 3 heteroatoms. The predicted molar refractivity (Wildman–Crippen MR) is 76.7 cm³/mol. The molecular weight excluding hydrogens is 222 g/mol. The maximum atomic E-state index is 5.85. The fourth-order valence-corrected chi connectivity index (χ4v) is 2.82. The molecule has 1 aromatic rings. The van der Waals surface area contributed by atoms with Crippen molar-refractivity contribution in [2.75, 3.05) is 11.9 Å². The van der Waals surface area contributed by atoms with Crippen LogP contribution >= 0.6 is 0 Å². The molecule has 1 aromatic heterocycles. The molecular formula is C15H25N3. The van der Waals surface area contributed by atoms with Crippen LogP contribution in [-0.4, -0.2) is 18.1 Å². The van der Waals surface area contributed by atoms with Crippen molar-refractivity contribution >= 4 is 5.82 Å². The summed E-state index contributed by atoms with van der Waals surface area (Å²) in [6, 6.07) is 4.89. The van der Waals surface area contributed by atoms with Gasteiger partial charge < -0.3 is 10.6 Å². The number of anilines is 1. The molecule has 0 spiro atoms. The van der Waals surface area contributed by atoms with E-state index in [2.05, 4.69) is 36.0 Å². The Hall–Kier alpha value is -1.09. The van der Waals surface area contributed by atoms with Crippen molar-refractivity contribution in [3.63, 3.8) is 0 Å². The van der Waals surface area contributed by atoms with Gasteiger partial charge in [0.25, 0.3) is 0 Å². The molecule has 0 radical (unpaired) electrons. The van der Waals surface area contributed by atoms with Crippen LogP contribution in [0.5, 0.6) is 0 Å². The molecule has 18 heavy (non-hydrogen) atoms. The number of rotatable bonds is 3. The molecule has 2 N–H and O–H groups in total. The summed E-state index contributed by atoms with van der Waals surface area (Å²) in [6.45, 7) is 4.34. The molecule has 0 aromatic carbocycles. The van der Waals surface area contributed by atoms with Gasteiger partial charge in [0.2, 0.25) is 0 Å². The van der Waals surface area contributed by atoms with Gasteiger partial charge in [-0.3, -0.25) is 0 Å². The molecule has 100 valence electrons. The number of nitrogens with zero attached hydrogens (tertiary/aromatic N) is 2. The largest absolute Gasteiger partial charge is 0.357 e. The Balaban J connectivity index is 2.05. The standard InChI is InChI=1S/C15H25N3/c1-11-5-4-6-14(9-11)18(3)15-8-7-13(10-17-15)12(2)16/h7-8,10-12,14H,4-6,9,16H2,1-3H3/t11?,12-,14?/m0/s1. The smallest absolute Gasteiger partial charge is 0.128 e. The van der Waals surface area contributed by atoms with Crippen LogP contribution in [0, 0.1) is 5.92 Å². The number of aromatic nitrogens is 1. The maximum absolute atomic E-state index is 5.85. The molecule has 3 nitrogen and oxygen atoms in total. The summed E-state index contributed by atoms with van der Waals surface area (Å²) >= 11 is 0. The third-order valence-electron chi connectivity index (χ3n) is 4.11. The van der Waals surface area contributed by atoms with Gasteiger partial charge in [0.1, 0.15) is 5.82 Å². The summed E-state index contributed by atoms with van der Waals surface area (Å²) in [7, 11) is 2.16. The molecule has 1 aliphatic rings. The SMILES string of the molecule is CC1CCCC(N(C)c2ccc([C@H](C)N)cn2)C1. The first-order chi connectivity index (χ1) is 8.58. The first-order valence-electron chi connectivity index (χ1n) is 7.02. The summed E-state index contributed by atoms with van der Waals surface area (Å²) in [5.74, 6) is 1.91. The molecule has 1 saturated carbocycles.